The average molecular weight is 357 g/mol. The molecule has 0 fully saturated rings. The number of nitrogens with zero attached hydrogens (tertiary/aromatic N) is 2. The minimum atomic E-state index is -0.385. The van der Waals surface area contributed by atoms with Gasteiger partial charge in [-0.25, -0.2) is 5.43 Å². The van der Waals surface area contributed by atoms with Gasteiger partial charge in [0.05, 0.1) is 12.1 Å². The smallest absolute Gasteiger partial charge is 0.251 e. The van der Waals surface area contributed by atoms with Crippen molar-refractivity contribution in [2.75, 3.05) is 6.61 Å². The predicted octanol–water partition coefficient (Wildman–Crippen LogP) is 1.42. The Morgan fingerprint density at radius 1 is 1.36 bits per heavy atom. The normalized spacial score (nSPS) is 10.8. The number of H-pyrrole nitrogens is 2. The van der Waals surface area contributed by atoms with E-state index in [1.165, 1.54) is 6.07 Å². The molecule has 0 saturated heterocycles. The Morgan fingerprint density at radius 2 is 2.08 bits per heavy atom. The van der Waals surface area contributed by atoms with Crippen LogP contribution >= 0.6 is 12.2 Å². The Morgan fingerprint density at radius 3 is 2.72 bits per heavy atom. The second-order valence-electron chi connectivity index (χ2n) is 4.99. The number of hydrogen-bond acceptors (Lipinski definition) is 6. The number of aromatic nitrogens is 2. The van der Waals surface area contributed by atoms with E-state index in [1.807, 2.05) is 6.07 Å². The molecule has 0 aliphatic rings. The molecule has 0 aliphatic heterocycles. The van der Waals surface area contributed by atoms with Crippen molar-refractivity contribution in [2.45, 2.75) is 13.3 Å². The Balaban J connectivity index is 1.97. The summed E-state index contributed by atoms with van der Waals surface area (Å²) in [6, 6.07) is 10.1. The lowest BCUT2D eigenvalue weighted by Gasteiger charge is -2.05. The highest BCUT2D eigenvalue weighted by Gasteiger charge is 2.05. The van der Waals surface area contributed by atoms with Crippen molar-refractivity contribution in [1.82, 2.24) is 15.4 Å². The molecule has 0 atom stereocenters. The fraction of sp³-hybridized carbons (Fsp3) is 0.188. The number of ether oxygens (including phenoxy) is 1. The molecule has 1 amide bonds. The van der Waals surface area contributed by atoms with Crippen molar-refractivity contribution in [3.63, 3.8) is 0 Å². The first-order valence-corrected chi connectivity index (χ1v) is 7.64. The van der Waals surface area contributed by atoms with E-state index in [2.05, 4.69) is 20.5 Å². The lowest BCUT2D eigenvalue weighted by molar-refractivity contribution is -0.120. The van der Waals surface area contributed by atoms with Gasteiger partial charge in [0.15, 0.2) is 11.4 Å². The number of rotatable bonds is 6. The van der Waals surface area contributed by atoms with E-state index in [0.717, 1.165) is 5.56 Å². The van der Waals surface area contributed by atoms with Gasteiger partial charge in [-0.2, -0.15) is 10.4 Å². The summed E-state index contributed by atoms with van der Waals surface area (Å²) >= 11 is 4.85. The zero-order chi connectivity index (χ0) is 18.2. The van der Waals surface area contributed by atoms with Crippen molar-refractivity contribution >= 4 is 23.8 Å². The van der Waals surface area contributed by atoms with Gasteiger partial charge in [-0.3, -0.25) is 14.6 Å². The van der Waals surface area contributed by atoms with Gasteiger partial charge in [0, 0.05) is 11.8 Å². The standard InChI is InChI=1S/C16H15N5O3S/c1-10(11-2-4-13(5-3-11)24-7-6-17)20-21-15(23)9-12-8-14(22)19-16(25)18-12/h2-5,8H,7,9H2,1H3,(H,21,23)(H2,18,19,22,25)/b20-10-. The first-order chi connectivity index (χ1) is 12.0. The molecule has 0 radical (unpaired) electrons. The van der Waals surface area contributed by atoms with E-state index >= 15 is 0 Å². The topological polar surface area (TPSA) is 123 Å². The summed E-state index contributed by atoms with van der Waals surface area (Å²) in [5, 5.41) is 12.5. The fourth-order valence-electron chi connectivity index (χ4n) is 1.95. The number of hydrazone groups is 1. The molecule has 2 rings (SSSR count). The molecule has 128 valence electrons. The second-order valence-corrected chi connectivity index (χ2v) is 5.40. The molecule has 2 aromatic rings. The van der Waals surface area contributed by atoms with Crippen LogP contribution in [-0.2, 0) is 11.2 Å². The molecule has 1 heterocycles. The number of amides is 1. The minimum Gasteiger partial charge on any atom is -0.479 e. The minimum absolute atomic E-state index is 0.0200. The number of nitrogens with one attached hydrogen (secondary N) is 3. The highest BCUT2D eigenvalue weighted by molar-refractivity contribution is 7.71. The first kappa shape index (κ1) is 18.1. The van der Waals surface area contributed by atoms with Crippen molar-refractivity contribution in [1.29, 1.82) is 5.26 Å². The molecule has 9 heteroatoms. The van der Waals surface area contributed by atoms with E-state index in [1.54, 1.807) is 31.2 Å². The third kappa shape index (κ3) is 5.71. The SMILES string of the molecule is C/C(=N/NC(=O)Cc1cc(=O)[nH]c(=S)[nH]1)c1ccc(OCC#N)cc1. The Hall–Kier alpha value is -3.25. The summed E-state index contributed by atoms with van der Waals surface area (Å²) in [4.78, 5) is 28.3. The van der Waals surface area contributed by atoms with E-state index < -0.39 is 0 Å². The number of aromatic amines is 2. The molecule has 1 aromatic carbocycles. The largest absolute Gasteiger partial charge is 0.479 e. The quantitative estimate of drug-likeness (QED) is 0.410. The van der Waals surface area contributed by atoms with E-state index in [-0.39, 0.29) is 29.3 Å². The van der Waals surface area contributed by atoms with E-state index in [0.29, 0.717) is 17.2 Å². The molecule has 0 unspecified atom stereocenters. The van der Waals surface area contributed by atoms with Crippen LogP contribution in [0.5, 0.6) is 5.75 Å². The van der Waals surface area contributed by atoms with Gasteiger partial charge in [-0.15, -0.1) is 0 Å². The Kier molecular flexibility index (Phi) is 6.20. The van der Waals surface area contributed by atoms with Crippen LogP contribution in [-0.4, -0.2) is 28.2 Å². The van der Waals surface area contributed by atoms with Crippen molar-refractivity contribution in [2.24, 2.45) is 5.10 Å². The van der Waals surface area contributed by atoms with Crippen molar-refractivity contribution in [3.8, 4) is 11.8 Å². The van der Waals surface area contributed by atoms with Crippen LogP contribution in [0.4, 0.5) is 0 Å². The zero-order valence-corrected chi connectivity index (χ0v) is 14.1. The number of nitriles is 1. The summed E-state index contributed by atoms with van der Waals surface area (Å²) in [5.74, 6) is 0.191. The van der Waals surface area contributed by atoms with Gasteiger partial charge >= 0.3 is 0 Å². The van der Waals surface area contributed by atoms with Gasteiger partial charge in [0.1, 0.15) is 11.8 Å². The van der Waals surface area contributed by atoms with Crippen LogP contribution in [0.3, 0.4) is 0 Å². The summed E-state index contributed by atoms with van der Waals surface area (Å²) in [5.41, 5.74) is 3.84. The van der Waals surface area contributed by atoms with Crippen LogP contribution in [0.2, 0.25) is 0 Å². The van der Waals surface area contributed by atoms with E-state index in [9.17, 15) is 9.59 Å². The van der Waals surface area contributed by atoms with Crippen molar-refractivity contribution < 1.29 is 9.53 Å². The lowest BCUT2D eigenvalue weighted by atomic mass is 10.1. The maximum Gasteiger partial charge on any atom is 0.251 e. The maximum absolute atomic E-state index is 11.9. The van der Waals surface area contributed by atoms with Gasteiger partial charge < -0.3 is 9.72 Å². The Labute approximate surface area is 148 Å². The van der Waals surface area contributed by atoms with Gasteiger partial charge in [-0.1, -0.05) is 0 Å². The summed E-state index contributed by atoms with van der Waals surface area (Å²) < 4.78 is 5.32. The predicted molar refractivity (Wildman–Crippen MR) is 93.9 cm³/mol. The molecular formula is C16H15N5O3S. The van der Waals surface area contributed by atoms with Crippen molar-refractivity contribution in [3.05, 3.63) is 56.7 Å². The molecule has 0 aliphatic carbocycles. The molecule has 8 nitrogen and oxygen atoms in total. The van der Waals surface area contributed by atoms with Crippen LogP contribution in [0.1, 0.15) is 18.2 Å². The highest BCUT2D eigenvalue weighted by Crippen LogP contribution is 2.12. The summed E-state index contributed by atoms with van der Waals surface area (Å²) in [6.07, 6.45) is -0.0503. The van der Waals surface area contributed by atoms with Crippen LogP contribution in [0, 0.1) is 16.1 Å². The molecule has 0 spiro atoms. The highest BCUT2D eigenvalue weighted by atomic mass is 32.1. The first-order valence-electron chi connectivity index (χ1n) is 7.24. The second kappa shape index (κ2) is 8.56. The van der Waals surface area contributed by atoms with Crippen LogP contribution in [0.25, 0.3) is 0 Å². The zero-order valence-electron chi connectivity index (χ0n) is 13.3. The Bertz CT molecular complexity index is 909. The van der Waals surface area contributed by atoms with Crippen LogP contribution in [0.15, 0.2) is 40.2 Å². The van der Waals surface area contributed by atoms with Gasteiger partial charge in [0.2, 0.25) is 5.91 Å². The van der Waals surface area contributed by atoms with Gasteiger partial charge in [-0.05, 0) is 49.0 Å². The third-order valence-electron chi connectivity index (χ3n) is 3.09. The maximum atomic E-state index is 11.9. The number of benzene rings is 1. The number of hydrogen-bond donors (Lipinski definition) is 3. The number of carbonyl (C=O) groups excluding carboxylic acids is 1. The lowest BCUT2D eigenvalue weighted by Crippen LogP contribution is -2.23. The molecule has 25 heavy (non-hydrogen) atoms. The number of carbonyl (C=O) groups is 1. The monoisotopic (exact) mass is 357 g/mol. The average Bonchev–Trinajstić information content (AvgIpc) is 2.57. The van der Waals surface area contributed by atoms with Gasteiger partial charge in [0.25, 0.3) is 5.56 Å². The molecular weight excluding hydrogens is 342 g/mol. The molecule has 1 aromatic heterocycles. The molecule has 0 saturated carbocycles. The third-order valence-corrected chi connectivity index (χ3v) is 3.30. The van der Waals surface area contributed by atoms with E-state index in [4.69, 9.17) is 22.2 Å². The fourth-order valence-corrected chi connectivity index (χ4v) is 2.18. The summed E-state index contributed by atoms with van der Waals surface area (Å²) in [7, 11) is 0. The van der Waals surface area contributed by atoms with Crippen LogP contribution < -0.4 is 15.7 Å². The molecule has 3 N–H and O–H groups in total. The molecule has 0 bridgehead atoms. The summed E-state index contributed by atoms with van der Waals surface area (Å²) in [6.45, 7) is 1.72.